The van der Waals surface area contributed by atoms with Gasteiger partial charge in [-0.3, -0.25) is 4.79 Å². The van der Waals surface area contributed by atoms with E-state index in [1.807, 2.05) is 39.3 Å². The van der Waals surface area contributed by atoms with Gasteiger partial charge >= 0.3 is 5.97 Å². The molecule has 0 fully saturated rings. The summed E-state index contributed by atoms with van der Waals surface area (Å²) in [6, 6.07) is 0. The molecule has 0 spiro atoms. The maximum atomic E-state index is 11.4. The van der Waals surface area contributed by atoms with Crippen molar-refractivity contribution in [1.82, 2.24) is 4.57 Å². The highest BCUT2D eigenvalue weighted by molar-refractivity contribution is 6.38. The molecular weight excluding hydrogens is 294 g/mol. The van der Waals surface area contributed by atoms with Gasteiger partial charge in [0, 0.05) is 29.8 Å². The Hall–Kier alpha value is -2.56. The van der Waals surface area contributed by atoms with Crippen LogP contribution in [0.1, 0.15) is 33.5 Å². The zero-order chi connectivity index (χ0) is 17.6. The zero-order valence-corrected chi connectivity index (χ0v) is 14.2. The van der Waals surface area contributed by atoms with Crippen molar-refractivity contribution >= 4 is 28.4 Å². The van der Waals surface area contributed by atoms with E-state index in [1.54, 1.807) is 0 Å². The molecule has 0 saturated carbocycles. The summed E-state index contributed by atoms with van der Waals surface area (Å²) in [7, 11) is 1.90. The van der Waals surface area contributed by atoms with Gasteiger partial charge in [-0.1, -0.05) is 0 Å². The van der Waals surface area contributed by atoms with Gasteiger partial charge in [0.2, 0.25) is 0 Å². The van der Waals surface area contributed by atoms with Gasteiger partial charge in [-0.05, 0) is 56.9 Å². The molecule has 0 amide bonds. The fourth-order valence-corrected chi connectivity index (χ4v) is 3.11. The van der Waals surface area contributed by atoms with Crippen molar-refractivity contribution in [2.75, 3.05) is 0 Å². The number of carbonyl (C=O) groups excluding carboxylic acids is 1. The van der Waals surface area contributed by atoms with Crippen LogP contribution in [-0.4, -0.2) is 26.5 Å². The summed E-state index contributed by atoms with van der Waals surface area (Å²) >= 11 is 0. The maximum absolute atomic E-state index is 11.4. The summed E-state index contributed by atoms with van der Waals surface area (Å²) in [4.78, 5) is 22.1. The van der Waals surface area contributed by atoms with Crippen LogP contribution in [0.5, 0.6) is 0 Å². The van der Waals surface area contributed by atoms with Crippen molar-refractivity contribution in [2.45, 2.75) is 34.6 Å². The molecule has 1 heterocycles. The van der Waals surface area contributed by atoms with Gasteiger partial charge in [0.25, 0.3) is 5.78 Å². The first-order valence-electron chi connectivity index (χ1n) is 7.33. The third-order valence-electron chi connectivity index (χ3n) is 4.84. The molecule has 0 aliphatic rings. The van der Waals surface area contributed by atoms with E-state index in [2.05, 4.69) is 6.92 Å². The second-order valence-electron chi connectivity index (χ2n) is 5.94. The molecule has 122 valence electrons. The summed E-state index contributed by atoms with van der Waals surface area (Å²) in [6.07, 6.45) is 0.772. The Balaban J connectivity index is 2.94. The van der Waals surface area contributed by atoms with Gasteiger partial charge < -0.3 is 14.8 Å². The Bertz CT molecular complexity index is 885. The molecule has 2 aromatic rings. The largest absolute Gasteiger partial charge is 0.507 e. The predicted molar refractivity (Wildman–Crippen MR) is 89.9 cm³/mol. The van der Waals surface area contributed by atoms with Crippen LogP contribution in [0.3, 0.4) is 0 Å². The number of benzene rings is 1. The average Bonchev–Trinajstić information content (AvgIpc) is 2.75. The van der Waals surface area contributed by atoms with Crippen LogP contribution in [0.25, 0.3) is 16.7 Å². The van der Waals surface area contributed by atoms with Gasteiger partial charge in [0.05, 0.1) is 5.52 Å². The number of ketones is 1. The second kappa shape index (κ2) is 5.57. The first kappa shape index (κ1) is 16.8. The lowest BCUT2D eigenvalue weighted by Gasteiger charge is -2.13. The summed E-state index contributed by atoms with van der Waals surface area (Å²) in [5.74, 6) is -3.04. The minimum atomic E-state index is -1.59. The van der Waals surface area contributed by atoms with Gasteiger partial charge in [0.1, 0.15) is 5.76 Å². The molecule has 0 atom stereocenters. The van der Waals surface area contributed by atoms with E-state index >= 15 is 0 Å². The summed E-state index contributed by atoms with van der Waals surface area (Å²) < 4.78 is 1.97. The molecule has 0 aliphatic heterocycles. The van der Waals surface area contributed by atoms with Crippen molar-refractivity contribution in [3.63, 3.8) is 0 Å². The number of carbonyl (C=O) groups is 2. The molecule has 0 saturated heterocycles. The highest BCUT2D eigenvalue weighted by atomic mass is 16.4. The number of hydrogen-bond donors (Lipinski definition) is 2. The standard InChI is InChI=1S/C18H21NO4/c1-8-9(2)11(4)17-15(10(8)3)16(12(5)19(17)6)13(20)7-14(21)18(22)23/h7,20H,1-6H3,(H,22,23)/b13-7-. The first-order valence-corrected chi connectivity index (χ1v) is 7.33. The van der Waals surface area contributed by atoms with E-state index in [9.17, 15) is 14.7 Å². The molecule has 0 bridgehead atoms. The molecular formula is C18H21NO4. The molecule has 23 heavy (non-hydrogen) atoms. The monoisotopic (exact) mass is 315 g/mol. The minimum Gasteiger partial charge on any atom is -0.507 e. The number of aliphatic carboxylic acids is 1. The highest BCUT2D eigenvalue weighted by Gasteiger charge is 2.22. The van der Waals surface area contributed by atoms with E-state index in [0.29, 0.717) is 5.56 Å². The summed E-state index contributed by atoms with van der Waals surface area (Å²) in [6.45, 7) is 9.92. The van der Waals surface area contributed by atoms with E-state index in [4.69, 9.17) is 5.11 Å². The smallest absolute Gasteiger partial charge is 0.376 e. The molecule has 2 N–H and O–H groups in total. The van der Waals surface area contributed by atoms with E-state index in [0.717, 1.165) is 39.4 Å². The molecule has 0 unspecified atom stereocenters. The van der Waals surface area contributed by atoms with Crippen LogP contribution >= 0.6 is 0 Å². The number of hydrogen-bond acceptors (Lipinski definition) is 3. The summed E-state index contributed by atoms with van der Waals surface area (Å²) in [5.41, 5.74) is 6.72. The molecule has 0 radical (unpaired) electrons. The fourth-order valence-electron chi connectivity index (χ4n) is 3.11. The van der Waals surface area contributed by atoms with Gasteiger partial charge in [0.15, 0.2) is 0 Å². The Morgan fingerprint density at radius 3 is 1.96 bits per heavy atom. The van der Waals surface area contributed by atoms with Gasteiger partial charge in [-0.15, -0.1) is 0 Å². The molecule has 2 rings (SSSR count). The number of aliphatic hydroxyl groups is 1. The SMILES string of the molecule is Cc1c(C)c(C)c2c(c1C)c(/C(O)=C/C(=O)C(=O)O)c(C)n2C. The molecule has 1 aromatic heterocycles. The van der Waals surface area contributed by atoms with Crippen molar-refractivity contribution < 1.29 is 19.8 Å². The third-order valence-corrected chi connectivity index (χ3v) is 4.84. The molecule has 5 heteroatoms. The minimum absolute atomic E-state index is 0.314. The lowest BCUT2D eigenvalue weighted by molar-refractivity contribution is -0.146. The first-order chi connectivity index (χ1) is 10.6. The number of carboxylic acids is 1. The number of rotatable bonds is 3. The average molecular weight is 315 g/mol. The fraction of sp³-hybridized carbons (Fsp3) is 0.333. The second-order valence-corrected chi connectivity index (χ2v) is 5.94. The Morgan fingerprint density at radius 1 is 0.913 bits per heavy atom. The number of aryl methyl sites for hydroxylation is 3. The topological polar surface area (TPSA) is 79.5 Å². The van der Waals surface area contributed by atoms with Crippen LogP contribution in [0.15, 0.2) is 6.08 Å². The predicted octanol–water partition coefficient (Wildman–Crippen LogP) is 3.27. The van der Waals surface area contributed by atoms with Crippen molar-refractivity contribution in [1.29, 1.82) is 0 Å². The Kier molecular flexibility index (Phi) is 4.07. The third kappa shape index (κ3) is 2.42. The number of aromatic nitrogens is 1. The quantitative estimate of drug-likeness (QED) is 0.517. The lowest BCUT2D eigenvalue weighted by Crippen LogP contribution is -2.09. The molecule has 1 aromatic carbocycles. The molecule has 0 aliphatic carbocycles. The summed E-state index contributed by atoms with van der Waals surface area (Å²) in [5, 5.41) is 20.0. The van der Waals surface area contributed by atoms with Crippen LogP contribution in [0, 0.1) is 34.6 Å². The maximum Gasteiger partial charge on any atom is 0.376 e. The van der Waals surface area contributed by atoms with E-state index < -0.39 is 11.8 Å². The molecule has 5 nitrogen and oxygen atoms in total. The van der Waals surface area contributed by atoms with Crippen LogP contribution < -0.4 is 0 Å². The van der Waals surface area contributed by atoms with Crippen LogP contribution in [0.2, 0.25) is 0 Å². The van der Waals surface area contributed by atoms with Gasteiger partial charge in [-0.2, -0.15) is 0 Å². The number of nitrogens with zero attached hydrogens (tertiary/aromatic N) is 1. The zero-order valence-electron chi connectivity index (χ0n) is 14.2. The number of fused-ring (bicyclic) bond motifs is 1. The highest BCUT2D eigenvalue weighted by Crippen LogP contribution is 2.37. The normalized spacial score (nSPS) is 12.0. The number of carboxylic acid groups (broad SMARTS) is 1. The van der Waals surface area contributed by atoms with E-state index in [1.165, 1.54) is 5.56 Å². The van der Waals surface area contributed by atoms with Crippen molar-refractivity contribution in [2.24, 2.45) is 7.05 Å². The van der Waals surface area contributed by atoms with Crippen LogP contribution in [-0.2, 0) is 16.6 Å². The Morgan fingerprint density at radius 2 is 1.43 bits per heavy atom. The Labute approximate surface area is 134 Å². The van der Waals surface area contributed by atoms with E-state index in [-0.39, 0.29) is 5.76 Å². The lowest BCUT2D eigenvalue weighted by atomic mass is 9.93. The van der Waals surface area contributed by atoms with Crippen molar-refractivity contribution in [3.8, 4) is 0 Å². The van der Waals surface area contributed by atoms with Crippen LogP contribution in [0.4, 0.5) is 0 Å². The van der Waals surface area contributed by atoms with Crippen molar-refractivity contribution in [3.05, 3.63) is 39.6 Å². The van der Waals surface area contributed by atoms with Gasteiger partial charge in [-0.25, -0.2) is 4.79 Å². The number of aliphatic hydroxyl groups excluding tert-OH is 1.